The Morgan fingerprint density at radius 1 is 0.929 bits per heavy atom. The van der Waals surface area contributed by atoms with Gasteiger partial charge < -0.3 is 20.7 Å². The van der Waals surface area contributed by atoms with E-state index in [1.54, 1.807) is 23.5 Å². The van der Waals surface area contributed by atoms with Crippen molar-refractivity contribution in [1.29, 1.82) is 0 Å². The molecule has 8 nitrogen and oxygen atoms in total. The monoisotopic (exact) mass is 435 g/mol. The molecule has 3 N–H and O–H groups in total. The summed E-state index contributed by atoms with van der Waals surface area (Å²) in [4.78, 5) is 48.1. The van der Waals surface area contributed by atoms with Crippen molar-refractivity contribution < 1.29 is 23.9 Å². The molecular formula is C18H33N3O5S2. The minimum Gasteiger partial charge on any atom is -0.467 e. The first-order chi connectivity index (χ1) is 13.3. The van der Waals surface area contributed by atoms with Crippen LogP contribution in [0.3, 0.4) is 0 Å². The Hall–Kier alpha value is -1.42. The van der Waals surface area contributed by atoms with Gasteiger partial charge in [-0.15, -0.1) is 0 Å². The maximum Gasteiger partial charge on any atom is 0.328 e. The zero-order valence-corrected chi connectivity index (χ0v) is 18.9. The molecule has 0 saturated carbocycles. The lowest BCUT2D eigenvalue weighted by Crippen LogP contribution is -2.55. The van der Waals surface area contributed by atoms with E-state index in [0.717, 1.165) is 0 Å². The molecule has 3 amide bonds. The predicted molar refractivity (Wildman–Crippen MR) is 114 cm³/mol. The van der Waals surface area contributed by atoms with Crippen LogP contribution in [0.25, 0.3) is 0 Å². The van der Waals surface area contributed by atoms with Gasteiger partial charge in [-0.3, -0.25) is 14.4 Å². The fraction of sp³-hybridized carbons (Fsp3) is 0.778. The number of hydrogen-bond acceptors (Lipinski definition) is 7. The van der Waals surface area contributed by atoms with Crippen molar-refractivity contribution in [2.45, 2.75) is 51.2 Å². The fourth-order valence-electron chi connectivity index (χ4n) is 2.48. The summed E-state index contributed by atoms with van der Waals surface area (Å²) in [5.74, 6) is 0.148. The van der Waals surface area contributed by atoms with E-state index in [2.05, 4.69) is 16.0 Å². The van der Waals surface area contributed by atoms with Crippen LogP contribution in [0.4, 0.5) is 0 Å². The first-order valence-corrected chi connectivity index (χ1v) is 12.0. The first-order valence-electron chi connectivity index (χ1n) is 9.16. The largest absolute Gasteiger partial charge is 0.467 e. The first kappa shape index (κ1) is 26.6. The van der Waals surface area contributed by atoms with Gasteiger partial charge in [-0.25, -0.2) is 4.79 Å². The maximum atomic E-state index is 12.8. The van der Waals surface area contributed by atoms with Crippen molar-refractivity contribution in [3.05, 3.63) is 0 Å². The summed E-state index contributed by atoms with van der Waals surface area (Å²) < 4.78 is 4.77. The van der Waals surface area contributed by atoms with E-state index < -0.39 is 35.9 Å². The summed E-state index contributed by atoms with van der Waals surface area (Å²) in [7, 11) is 1.27. The van der Waals surface area contributed by atoms with Crippen molar-refractivity contribution in [2.75, 3.05) is 31.1 Å². The van der Waals surface area contributed by atoms with Crippen LogP contribution in [0.2, 0.25) is 0 Å². The smallest absolute Gasteiger partial charge is 0.328 e. The van der Waals surface area contributed by atoms with Crippen LogP contribution in [0, 0.1) is 5.92 Å². The van der Waals surface area contributed by atoms with Crippen LogP contribution in [0.15, 0.2) is 0 Å². The Bertz CT molecular complexity index is 506. The highest BCUT2D eigenvalue weighted by molar-refractivity contribution is 7.98. The quantitative estimate of drug-likeness (QED) is 0.257. The van der Waals surface area contributed by atoms with Gasteiger partial charge in [0.15, 0.2) is 0 Å². The highest BCUT2D eigenvalue weighted by atomic mass is 32.2. The zero-order chi connectivity index (χ0) is 21.5. The number of rotatable bonds is 15. The summed E-state index contributed by atoms with van der Waals surface area (Å²) in [5.41, 5.74) is 0. The minimum absolute atomic E-state index is 0.141. The van der Waals surface area contributed by atoms with Gasteiger partial charge in [0.05, 0.1) is 7.11 Å². The fourth-order valence-corrected chi connectivity index (χ4v) is 3.43. The van der Waals surface area contributed by atoms with Gasteiger partial charge in [0.2, 0.25) is 18.2 Å². The molecule has 0 aliphatic carbocycles. The molecule has 0 aliphatic rings. The predicted octanol–water partition coefficient (Wildman–Crippen LogP) is 0.796. The molecule has 0 bridgehead atoms. The summed E-state index contributed by atoms with van der Waals surface area (Å²) >= 11 is 3.12. The molecular weight excluding hydrogens is 402 g/mol. The van der Waals surface area contributed by atoms with E-state index in [1.165, 1.54) is 7.11 Å². The van der Waals surface area contributed by atoms with E-state index in [1.807, 2.05) is 26.4 Å². The van der Waals surface area contributed by atoms with Gasteiger partial charge in [0, 0.05) is 0 Å². The molecule has 0 saturated heterocycles. The van der Waals surface area contributed by atoms with E-state index >= 15 is 0 Å². The SMILES string of the molecule is COC(=O)[C@H](CCSC)NC(=O)[C@H](CC(C)C)NC(=O)[C@H](CCSC)NC=O. The van der Waals surface area contributed by atoms with Crippen LogP contribution in [-0.4, -0.2) is 73.4 Å². The molecule has 10 heteroatoms. The van der Waals surface area contributed by atoms with Crippen LogP contribution < -0.4 is 16.0 Å². The zero-order valence-electron chi connectivity index (χ0n) is 17.3. The van der Waals surface area contributed by atoms with E-state index in [0.29, 0.717) is 37.2 Å². The third-order valence-electron chi connectivity index (χ3n) is 3.95. The van der Waals surface area contributed by atoms with Crippen molar-refractivity contribution in [2.24, 2.45) is 5.92 Å². The molecule has 0 heterocycles. The molecule has 0 spiro atoms. The highest BCUT2D eigenvalue weighted by Gasteiger charge is 2.29. The van der Waals surface area contributed by atoms with Crippen molar-refractivity contribution in [3.63, 3.8) is 0 Å². The lowest BCUT2D eigenvalue weighted by molar-refractivity contribution is -0.145. The average Bonchev–Trinajstić information content (AvgIpc) is 2.66. The number of ether oxygens (including phenoxy) is 1. The van der Waals surface area contributed by atoms with Crippen LogP contribution in [0.1, 0.15) is 33.1 Å². The Balaban J connectivity index is 5.19. The van der Waals surface area contributed by atoms with Crippen LogP contribution >= 0.6 is 23.5 Å². The normalized spacial score (nSPS) is 13.9. The van der Waals surface area contributed by atoms with E-state index in [4.69, 9.17) is 4.74 Å². The lowest BCUT2D eigenvalue weighted by Gasteiger charge is -2.25. The van der Waals surface area contributed by atoms with Gasteiger partial charge in [-0.1, -0.05) is 13.8 Å². The standard InChI is InChI=1S/C18H33N3O5S2/c1-12(2)10-15(21-16(23)13(19-11-22)6-8-27-4)17(24)20-14(7-9-28-5)18(25)26-3/h11-15H,6-10H2,1-5H3,(H,19,22)(H,20,24)(H,21,23)/t13-,14-,15-/m0/s1. The number of carbonyl (C=O) groups excluding carboxylic acids is 4. The molecule has 0 aromatic carbocycles. The molecule has 3 atom stereocenters. The molecule has 0 aromatic rings. The number of methoxy groups -OCH3 is 1. The number of esters is 1. The number of hydrogen-bond donors (Lipinski definition) is 3. The Morgan fingerprint density at radius 2 is 1.43 bits per heavy atom. The summed E-state index contributed by atoms with van der Waals surface area (Å²) in [6, 6.07) is -2.28. The second-order valence-corrected chi connectivity index (χ2v) is 8.65. The van der Waals surface area contributed by atoms with Gasteiger partial charge in [0.1, 0.15) is 18.1 Å². The number of thioether (sulfide) groups is 2. The molecule has 0 aliphatic heterocycles. The van der Waals surface area contributed by atoms with Crippen molar-refractivity contribution >= 4 is 47.7 Å². The highest BCUT2D eigenvalue weighted by Crippen LogP contribution is 2.09. The molecule has 0 fully saturated rings. The Morgan fingerprint density at radius 3 is 1.89 bits per heavy atom. The average molecular weight is 436 g/mol. The Labute approximate surface area is 176 Å². The number of amides is 3. The summed E-state index contributed by atoms with van der Waals surface area (Å²) in [6.45, 7) is 3.87. The Kier molecular flexibility index (Phi) is 14.7. The number of nitrogens with one attached hydrogen (secondary N) is 3. The molecule has 162 valence electrons. The molecule has 0 unspecified atom stereocenters. The van der Waals surface area contributed by atoms with E-state index in [-0.39, 0.29) is 5.92 Å². The van der Waals surface area contributed by atoms with Crippen molar-refractivity contribution in [1.82, 2.24) is 16.0 Å². The van der Waals surface area contributed by atoms with Gasteiger partial charge >= 0.3 is 5.97 Å². The summed E-state index contributed by atoms with van der Waals surface area (Å²) in [5, 5.41) is 7.91. The summed E-state index contributed by atoms with van der Waals surface area (Å²) in [6.07, 6.45) is 5.60. The van der Waals surface area contributed by atoms with Gasteiger partial charge in [-0.05, 0) is 49.2 Å². The topological polar surface area (TPSA) is 114 Å². The van der Waals surface area contributed by atoms with Gasteiger partial charge in [-0.2, -0.15) is 23.5 Å². The second-order valence-electron chi connectivity index (χ2n) is 6.68. The minimum atomic E-state index is -0.806. The van der Waals surface area contributed by atoms with Crippen LogP contribution in [-0.2, 0) is 23.9 Å². The van der Waals surface area contributed by atoms with Crippen molar-refractivity contribution in [3.8, 4) is 0 Å². The molecule has 0 aromatic heterocycles. The van der Waals surface area contributed by atoms with E-state index in [9.17, 15) is 19.2 Å². The maximum absolute atomic E-state index is 12.8. The molecule has 0 radical (unpaired) electrons. The second kappa shape index (κ2) is 15.5. The van der Waals surface area contributed by atoms with Crippen LogP contribution in [0.5, 0.6) is 0 Å². The third kappa shape index (κ3) is 10.8. The third-order valence-corrected chi connectivity index (χ3v) is 5.24. The van der Waals surface area contributed by atoms with Gasteiger partial charge in [0.25, 0.3) is 0 Å². The number of carbonyl (C=O) groups is 4. The molecule has 28 heavy (non-hydrogen) atoms. The lowest BCUT2D eigenvalue weighted by atomic mass is 10.0. The molecule has 0 rings (SSSR count).